The second kappa shape index (κ2) is 8.51. The number of anilines is 1. The smallest absolute Gasteiger partial charge is 0.276 e. The number of ether oxygens (including phenoxy) is 1. The first-order valence-electron chi connectivity index (χ1n) is 10.3. The summed E-state index contributed by atoms with van der Waals surface area (Å²) < 4.78 is 6.85. The maximum Gasteiger partial charge on any atom is 0.276 e. The number of methoxy groups -OCH3 is 1. The average molecular weight is 436 g/mol. The van der Waals surface area contributed by atoms with Crippen molar-refractivity contribution >= 4 is 22.6 Å². The molecule has 33 heavy (non-hydrogen) atoms. The van der Waals surface area contributed by atoms with E-state index in [1.165, 1.54) is 0 Å². The number of hydrogen-bond donors (Lipinski definition) is 1. The topological polar surface area (TPSA) is 94.8 Å². The second-order valence-corrected chi connectivity index (χ2v) is 7.41. The Morgan fingerprint density at radius 3 is 2.48 bits per heavy atom. The molecule has 5 rings (SSSR count). The van der Waals surface area contributed by atoms with Gasteiger partial charge in [-0.2, -0.15) is 5.10 Å². The van der Waals surface area contributed by atoms with Gasteiger partial charge in [-0.05, 0) is 61.5 Å². The van der Waals surface area contributed by atoms with Crippen LogP contribution in [0.15, 0.2) is 79.1 Å². The minimum Gasteiger partial charge on any atom is -0.497 e. The Morgan fingerprint density at radius 2 is 1.73 bits per heavy atom. The highest BCUT2D eigenvalue weighted by Crippen LogP contribution is 2.26. The zero-order valence-corrected chi connectivity index (χ0v) is 18.1. The molecule has 0 saturated carbocycles. The molecule has 0 bridgehead atoms. The molecule has 8 nitrogen and oxygen atoms in total. The van der Waals surface area contributed by atoms with Crippen LogP contribution < -0.4 is 10.1 Å². The molecule has 1 N–H and O–H groups in total. The van der Waals surface area contributed by atoms with Crippen molar-refractivity contribution in [2.75, 3.05) is 12.4 Å². The summed E-state index contributed by atoms with van der Waals surface area (Å²) >= 11 is 0. The van der Waals surface area contributed by atoms with Crippen molar-refractivity contribution in [1.82, 2.24) is 24.7 Å². The lowest BCUT2D eigenvalue weighted by Gasteiger charge is -2.08. The first kappa shape index (κ1) is 20.3. The lowest BCUT2D eigenvalue weighted by molar-refractivity contribution is 0.102. The van der Waals surface area contributed by atoms with Gasteiger partial charge in [0.25, 0.3) is 5.91 Å². The summed E-state index contributed by atoms with van der Waals surface area (Å²) in [7, 11) is 1.60. The molecule has 2 aromatic carbocycles. The van der Waals surface area contributed by atoms with Gasteiger partial charge in [0.2, 0.25) is 0 Å². The van der Waals surface area contributed by atoms with E-state index in [-0.39, 0.29) is 11.6 Å². The van der Waals surface area contributed by atoms with Crippen molar-refractivity contribution in [3.8, 4) is 22.8 Å². The molecule has 3 aromatic heterocycles. The van der Waals surface area contributed by atoms with Crippen LogP contribution in [0.1, 0.15) is 16.2 Å². The summed E-state index contributed by atoms with van der Waals surface area (Å²) in [5, 5.41) is 7.47. The van der Waals surface area contributed by atoms with Crippen molar-refractivity contribution in [1.29, 1.82) is 0 Å². The van der Waals surface area contributed by atoms with Crippen LogP contribution in [0.3, 0.4) is 0 Å². The van der Waals surface area contributed by atoms with Gasteiger partial charge in [-0.1, -0.05) is 12.1 Å². The van der Waals surface area contributed by atoms with Crippen LogP contribution in [0, 0.1) is 6.92 Å². The maximum atomic E-state index is 13.0. The highest BCUT2D eigenvalue weighted by atomic mass is 16.5. The molecule has 162 valence electrons. The fraction of sp³-hybridized carbons (Fsp3) is 0.0800. The van der Waals surface area contributed by atoms with Gasteiger partial charge in [-0.15, -0.1) is 0 Å². The number of carbonyl (C=O) groups excluding carboxylic acids is 1. The van der Waals surface area contributed by atoms with Gasteiger partial charge < -0.3 is 10.1 Å². The van der Waals surface area contributed by atoms with Gasteiger partial charge in [0.05, 0.1) is 23.8 Å². The molecule has 0 saturated heterocycles. The summed E-state index contributed by atoms with van der Waals surface area (Å²) in [4.78, 5) is 26.3. The molecule has 0 radical (unpaired) electrons. The van der Waals surface area contributed by atoms with Crippen molar-refractivity contribution in [3.05, 3.63) is 90.5 Å². The van der Waals surface area contributed by atoms with Crippen LogP contribution in [0.25, 0.3) is 28.1 Å². The number of aryl methyl sites for hydroxylation is 1. The Labute approximate surface area is 189 Å². The first-order valence-corrected chi connectivity index (χ1v) is 10.3. The van der Waals surface area contributed by atoms with E-state index in [1.807, 2.05) is 43.3 Å². The Hall–Kier alpha value is -4.59. The number of pyridine rings is 1. The molecule has 0 unspecified atom stereocenters. The highest BCUT2D eigenvalue weighted by Gasteiger charge is 2.18. The number of amides is 1. The molecule has 1 amide bonds. The Balaban J connectivity index is 1.57. The largest absolute Gasteiger partial charge is 0.497 e. The van der Waals surface area contributed by atoms with Gasteiger partial charge in [-0.25, -0.2) is 9.67 Å². The number of carbonyl (C=O) groups is 1. The van der Waals surface area contributed by atoms with Crippen molar-refractivity contribution in [2.24, 2.45) is 0 Å². The van der Waals surface area contributed by atoms with E-state index in [4.69, 9.17) is 4.74 Å². The monoisotopic (exact) mass is 436 g/mol. The summed E-state index contributed by atoms with van der Waals surface area (Å²) in [6.07, 6.45) is 3.31. The van der Waals surface area contributed by atoms with E-state index in [0.717, 1.165) is 28.0 Å². The minimum absolute atomic E-state index is 0.267. The molecule has 0 fully saturated rings. The summed E-state index contributed by atoms with van der Waals surface area (Å²) in [6, 6.07) is 20.3. The van der Waals surface area contributed by atoms with E-state index in [9.17, 15) is 4.79 Å². The lowest BCUT2D eigenvalue weighted by Crippen LogP contribution is -2.13. The number of fused-ring (bicyclic) bond motifs is 1. The third kappa shape index (κ3) is 4.14. The van der Waals surface area contributed by atoms with Gasteiger partial charge in [-0.3, -0.25) is 14.8 Å². The zero-order valence-electron chi connectivity index (χ0n) is 18.1. The quantitative estimate of drug-likeness (QED) is 0.437. The normalized spacial score (nSPS) is 10.8. The van der Waals surface area contributed by atoms with Gasteiger partial charge >= 0.3 is 0 Å². The predicted octanol–water partition coefficient (Wildman–Crippen LogP) is 4.45. The van der Waals surface area contributed by atoms with Crippen molar-refractivity contribution < 1.29 is 9.53 Å². The lowest BCUT2D eigenvalue weighted by atomic mass is 10.1. The number of aromatic nitrogens is 5. The standard InChI is InChI=1S/C25H20N6O2/c1-16-4-3-5-24(28-16)31-23(17-6-11-20-21(14-17)27-13-12-26-20)15-22(30-31)25(32)29-18-7-9-19(33-2)10-8-18/h3-15H,1-2H3,(H,29,32). The zero-order chi connectivity index (χ0) is 22.8. The van der Waals surface area contributed by atoms with Gasteiger partial charge in [0, 0.05) is 29.3 Å². The van der Waals surface area contributed by atoms with Crippen LogP contribution in [-0.4, -0.2) is 37.7 Å². The van der Waals surface area contributed by atoms with Gasteiger partial charge in [0.15, 0.2) is 11.5 Å². The van der Waals surface area contributed by atoms with E-state index >= 15 is 0 Å². The highest BCUT2D eigenvalue weighted by molar-refractivity contribution is 6.03. The molecule has 3 heterocycles. The average Bonchev–Trinajstić information content (AvgIpc) is 3.30. The molecule has 8 heteroatoms. The van der Waals surface area contributed by atoms with E-state index in [0.29, 0.717) is 17.3 Å². The third-order valence-corrected chi connectivity index (χ3v) is 5.15. The maximum absolute atomic E-state index is 13.0. The molecule has 0 aliphatic rings. The number of nitrogens with one attached hydrogen (secondary N) is 1. The molecule has 0 aliphatic heterocycles. The molecular weight excluding hydrogens is 416 g/mol. The van der Waals surface area contributed by atoms with Crippen LogP contribution >= 0.6 is 0 Å². The summed E-state index contributed by atoms with van der Waals surface area (Å²) in [6.45, 7) is 1.91. The Morgan fingerprint density at radius 1 is 0.939 bits per heavy atom. The Kier molecular flexibility index (Phi) is 5.24. The SMILES string of the molecule is COc1ccc(NC(=O)c2cc(-c3ccc4nccnc4c3)n(-c3cccc(C)n3)n2)cc1. The van der Waals surface area contributed by atoms with Crippen LogP contribution in [0.4, 0.5) is 5.69 Å². The third-order valence-electron chi connectivity index (χ3n) is 5.15. The van der Waals surface area contributed by atoms with Crippen molar-refractivity contribution in [2.45, 2.75) is 6.92 Å². The summed E-state index contributed by atoms with van der Waals surface area (Å²) in [5.74, 6) is 1.01. The van der Waals surface area contributed by atoms with Crippen molar-refractivity contribution in [3.63, 3.8) is 0 Å². The van der Waals surface area contributed by atoms with E-state index in [2.05, 4.69) is 25.4 Å². The van der Waals surface area contributed by atoms with Crippen LogP contribution in [0.5, 0.6) is 5.75 Å². The number of rotatable bonds is 5. The van der Waals surface area contributed by atoms with Crippen LogP contribution in [-0.2, 0) is 0 Å². The fourth-order valence-corrected chi connectivity index (χ4v) is 3.51. The summed E-state index contributed by atoms with van der Waals surface area (Å²) in [5.41, 5.74) is 4.88. The first-order chi connectivity index (χ1) is 16.1. The molecule has 0 aliphatic carbocycles. The minimum atomic E-state index is -0.326. The fourth-order valence-electron chi connectivity index (χ4n) is 3.51. The van der Waals surface area contributed by atoms with Crippen LogP contribution in [0.2, 0.25) is 0 Å². The number of hydrogen-bond acceptors (Lipinski definition) is 6. The van der Waals surface area contributed by atoms with E-state index < -0.39 is 0 Å². The predicted molar refractivity (Wildman–Crippen MR) is 126 cm³/mol. The molecule has 0 atom stereocenters. The van der Waals surface area contributed by atoms with Gasteiger partial charge in [0.1, 0.15) is 5.75 Å². The molecule has 0 spiro atoms. The molecular formula is C25H20N6O2. The second-order valence-electron chi connectivity index (χ2n) is 7.41. The number of nitrogens with zero attached hydrogens (tertiary/aromatic N) is 5. The number of benzene rings is 2. The van der Waals surface area contributed by atoms with E-state index in [1.54, 1.807) is 54.5 Å². The molecule has 5 aromatic rings. The Bertz CT molecular complexity index is 1460.